The average molecular weight is 174 g/mol. The summed E-state index contributed by atoms with van der Waals surface area (Å²) in [6.45, 7) is -5.43. The van der Waals surface area contributed by atoms with E-state index >= 15 is 0 Å². The van der Waals surface area contributed by atoms with Gasteiger partial charge in [-0.2, -0.15) is 0 Å². The van der Waals surface area contributed by atoms with Crippen LogP contribution in [0, 0.1) is 0 Å². The quantitative estimate of drug-likeness (QED) is 0.674. The molecule has 0 bridgehead atoms. The molecule has 1 aromatic rings. The van der Waals surface area contributed by atoms with Gasteiger partial charge in [-0.05, 0) is 0 Å². The van der Waals surface area contributed by atoms with Gasteiger partial charge in [0.25, 0.3) is 0 Å². The van der Waals surface area contributed by atoms with Gasteiger partial charge in [-0.3, -0.25) is 0 Å². The van der Waals surface area contributed by atoms with E-state index in [-0.39, 0.29) is 5.69 Å². The molecule has 0 radical (unpaired) electrons. The van der Waals surface area contributed by atoms with Crippen LogP contribution < -0.4 is 10.5 Å². The zero-order valence-corrected chi connectivity index (χ0v) is 5.79. The van der Waals surface area contributed by atoms with E-state index in [1.165, 1.54) is 0 Å². The number of hydrogen-bond acceptors (Lipinski definition) is 5. The van der Waals surface area contributed by atoms with Crippen molar-refractivity contribution in [2.45, 2.75) is 6.08 Å². The van der Waals surface area contributed by atoms with Gasteiger partial charge in [-0.25, -0.2) is 9.97 Å². The van der Waals surface area contributed by atoms with Crippen molar-refractivity contribution in [3.05, 3.63) is 12.3 Å². The Kier molecular flexibility index (Phi) is 0.698. The van der Waals surface area contributed by atoms with Crippen molar-refractivity contribution >= 4 is 5.69 Å². The first-order valence-corrected chi connectivity index (χ1v) is 3.00. The SMILES string of the molecule is [2H]c1nc(OC2([2H])C([2H])([2H])OC2([2H])[2H])nc([2H])c1N. The fraction of sp³-hybridized carbons (Fsp3) is 0.429. The molecule has 2 N–H and O–H groups in total. The molecule has 2 rings (SSSR count). The molecule has 5 heteroatoms. The summed E-state index contributed by atoms with van der Waals surface area (Å²) in [4.78, 5) is 6.82. The molecule has 1 fully saturated rings. The number of hydrogen-bond donors (Lipinski definition) is 1. The predicted molar refractivity (Wildman–Crippen MR) is 41.7 cm³/mol. The van der Waals surface area contributed by atoms with E-state index in [1.807, 2.05) is 0 Å². The lowest BCUT2D eigenvalue weighted by Crippen LogP contribution is -2.38. The molecule has 1 aromatic heterocycles. The van der Waals surface area contributed by atoms with Gasteiger partial charge in [0.2, 0.25) is 0 Å². The molecule has 64 valence electrons. The largest absolute Gasteiger partial charge is 0.455 e. The summed E-state index contributed by atoms with van der Waals surface area (Å²) in [5.41, 5.74) is 4.99. The third kappa shape index (κ3) is 1.45. The lowest BCUT2D eigenvalue weighted by molar-refractivity contribution is -0.0831. The fourth-order valence-electron chi connectivity index (χ4n) is 0.537. The van der Waals surface area contributed by atoms with Gasteiger partial charge < -0.3 is 15.2 Å². The molecule has 1 aliphatic heterocycles. The molecule has 0 spiro atoms. The molecular formula is C7H9N3O2. The molecule has 1 saturated heterocycles. The first-order valence-electron chi connectivity index (χ1n) is 6.50. The molecule has 0 aliphatic carbocycles. The number of nitrogen functional groups attached to an aromatic ring is 1. The third-order valence-electron chi connectivity index (χ3n) is 1.02. The zero-order valence-electron chi connectivity index (χ0n) is 12.8. The van der Waals surface area contributed by atoms with Gasteiger partial charge in [-0.1, -0.05) is 0 Å². The van der Waals surface area contributed by atoms with Crippen molar-refractivity contribution in [3.63, 3.8) is 0 Å². The van der Waals surface area contributed by atoms with Crippen LogP contribution in [0.1, 0.15) is 9.60 Å². The Morgan fingerprint density at radius 2 is 2.42 bits per heavy atom. The Bertz CT molecular complexity index is 500. The molecule has 1 aliphatic rings. The maximum Gasteiger partial charge on any atom is 0.316 e. The molecule has 12 heavy (non-hydrogen) atoms. The second-order valence-electron chi connectivity index (χ2n) is 1.88. The van der Waals surface area contributed by atoms with Gasteiger partial charge in [0, 0.05) is 0 Å². The minimum Gasteiger partial charge on any atom is -0.455 e. The number of rotatable bonds is 2. The number of nitrogens with two attached hydrogens (primary N) is 1. The van der Waals surface area contributed by atoms with Crippen molar-refractivity contribution in [1.82, 2.24) is 9.97 Å². The van der Waals surface area contributed by atoms with Crippen molar-refractivity contribution in [1.29, 1.82) is 0 Å². The highest BCUT2D eigenvalue weighted by Gasteiger charge is 2.20. The van der Waals surface area contributed by atoms with Crippen LogP contribution in [0.2, 0.25) is 0 Å². The van der Waals surface area contributed by atoms with Crippen molar-refractivity contribution in [2.75, 3.05) is 18.9 Å². The van der Waals surface area contributed by atoms with Crippen LogP contribution in [0.4, 0.5) is 5.69 Å². The van der Waals surface area contributed by atoms with E-state index in [0.717, 1.165) is 0 Å². The third-order valence-corrected chi connectivity index (χ3v) is 1.02. The molecule has 0 amide bonds. The molecule has 0 unspecified atom stereocenters. The van der Waals surface area contributed by atoms with E-state index in [9.17, 15) is 0 Å². The minimum atomic E-state index is -2.74. The van der Waals surface area contributed by atoms with Crippen molar-refractivity contribution < 1.29 is 19.1 Å². The fourth-order valence-corrected chi connectivity index (χ4v) is 0.537. The molecule has 5 nitrogen and oxygen atoms in total. The number of nitrogens with zero attached hydrogens (tertiary/aromatic N) is 2. The Morgan fingerprint density at radius 3 is 3.00 bits per heavy atom. The second kappa shape index (κ2) is 2.94. The summed E-state index contributed by atoms with van der Waals surface area (Å²) in [6.07, 6.45) is -3.80. The van der Waals surface area contributed by atoms with Gasteiger partial charge in [0.05, 0.1) is 40.7 Å². The topological polar surface area (TPSA) is 70.3 Å². The van der Waals surface area contributed by atoms with E-state index < -0.39 is 37.6 Å². The van der Waals surface area contributed by atoms with E-state index in [2.05, 4.69) is 14.7 Å². The molecule has 0 atom stereocenters. The van der Waals surface area contributed by atoms with Crippen LogP contribution in [0.15, 0.2) is 12.3 Å². The number of anilines is 1. The van der Waals surface area contributed by atoms with Crippen LogP contribution in [0.3, 0.4) is 0 Å². The lowest BCUT2D eigenvalue weighted by atomic mass is 10.3. The van der Waals surface area contributed by atoms with Crippen LogP contribution in [0.5, 0.6) is 6.01 Å². The van der Waals surface area contributed by atoms with Crippen molar-refractivity contribution in [3.8, 4) is 6.01 Å². The first-order chi connectivity index (χ1) is 8.50. The summed E-state index contributed by atoms with van der Waals surface area (Å²) in [6, 6.07) is -0.685. The first kappa shape index (κ1) is 2.85. The van der Waals surface area contributed by atoms with Gasteiger partial charge in [-0.15, -0.1) is 0 Å². The Hall–Kier alpha value is -1.36. The van der Waals surface area contributed by atoms with Crippen LogP contribution in [-0.4, -0.2) is 29.2 Å². The van der Waals surface area contributed by atoms with Gasteiger partial charge >= 0.3 is 6.01 Å². The molecule has 0 aromatic carbocycles. The van der Waals surface area contributed by atoms with Crippen molar-refractivity contribution in [2.24, 2.45) is 0 Å². The monoisotopic (exact) mass is 174 g/mol. The summed E-state index contributed by atoms with van der Waals surface area (Å²) in [5, 5.41) is 0. The average Bonchev–Trinajstić information content (AvgIpc) is 2.23. The minimum absolute atomic E-state index is 0.303. The molecular weight excluding hydrogens is 158 g/mol. The smallest absolute Gasteiger partial charge is 0.316 e. The van der Waals surface area contributed by atoms with E-state index in [0.29, 0.717) is 0 Å². The highest BCUT2D eigenvalue weighted by atomic mass is 16.6. The van der Waals surface area contributed by atoms with Crippen LogP contribution >= 0.6 is 0 Å². The van der Waals surface area contributed by atoms with Crippen LogP contribution in [-0.2, 0) is 4.74 Å². The Balaban J connectivity index is 2.36. The summed E-state index contributed by atoms with van der Waals surface area (Å²) >= 11 is 0. The molecule has 0 saturated carbocycles. The van der Waals surface area contributed by atoms with Gasteiger partial charge in [0.15, 0.2) is 0 Å². The molecule has 2 heterocycles. The maximum absolute atomic E-state index is 7.67. The second-order valence-corrected chi connectivity index (χ2v) is 1.88. The Labute approximate surface area is 79.4 Å². The van der Waals surface area contributed by atoms with E-state index in [1.54, 1.807) is 0 Å². The normalized spacial score (nSPS) is 36.5. The highest BCUT2D eigenvalue weighted by molar-refractivity contribution is 5.30. The van der Waals surface area contributed by atoms with Gasteiger partial charge in [0.1, 0.15) is 6.08 Å². The maximum atomic E-state index is 7.67. The predicted octanol–water partition coefficient (Wildman–Crippen LogP) is -0.164. The summed E-state index contributed by atoms with van der Waals surface area (Å²) in [7, 11) is 0. The zero-order chi connectivity index (χ0) is 14.6. The lowest BCUT2D eigenvalue weighted by Gasteiger charge is -2.25. The number of ether oxygens (including phenoxy) is 2. The Morgan fingerprint density at radius 1 is 1.75 bits per heavy atom. The highest BCUT2D eigenvalue weighted by Crippen LogP contribution is 2.10. The summed E-state index contributed by atoms with van der Waals surface area (Å²) in [5.74, 6) is 0. The van der Waals surface area contributed by atoms with Crippen LogP contribution in [0.25, 0.3) is 0 Å². The summed E-state index contributed by atoms with van der Waals surface area (Å²) < 4.78 is 60.5. The van der Waals surface area contributed by atoms with E-state index in [4.69, 9.17) is 20.1 Å². The number of aromatic nitrogens is 2. The standard InChI is InChI=1S/C7H9N3O2/c8-5-1-9-7(10-2-5)12-6-3-11-4-6/h1-2,6H,3-4,8H2/i1D,2D,3D2,4D2,6D.